The number of thiazole rings is 1. The molecule has 8 nitrogen and oxygen atoms in total. The van der Waals surface area contributed by atoms with E-state index in [4.69, 9.17) is 4.74 Å². The van der Waals surface area contributed by atoms with Gasteiger partial charge in [0.1, 0.15) is 11.6 Å². The minimum Gasteiger partial charge on any atom is -0.480 e. The number of halogens is 2. The summed E-state index contributed by atoms with van der Waals surface area (Å²) in [4.78, 5) is 22.3. The molecule has 0 amide bonds. The van der Waals surface area contributed by atoms with Gasteiger partial charge in [0.05, 0.1) is 24.9 Å². The summed E-state index contributed by atoms with van der Waals surface area (Å²) in [5.41, 5.74) is -0.444. The number of ether oxygens (including phenoxy) is 1. The summed E-state index contributed by atoms with van der Waals surface area (Å²) in [6.07, 6.45) is 1.60. The summed E-state index contributed by atoms with van der Waals surface area (Å²) in [6.45, 7) is 2.48. The van der Waals surface area contributed by atoms with Crippen LogP contribution < -0.4 is 5.32 Å². The Hall–Kier alpha value is -3.20. The molecule has 0 radical (unpaired) electrons. The molecule has 4 rings (SSSR count). The molecule has 11 heteroatoms. The number of aliphatic imine (C=N–C) groups is 1. The van der Waals surface area contributed by atoms with Gasteiger partial charge in [0.15, 0.2) is 22.5 Å². The van der Waals surface area contributed by atoms with Crippen molar-refractivity contribution < 1.29 is 23.4 Å². The number of carboxylic acid groups (broad SMARTS) is 1. The number of hydrogen-bond acceptors (Lipinski definition) is 8. The van der Waals surface area contributed by atoms with Crippen LogP contribution in [0.5, 0.6) is 0 Å². The standard InChI is InChI=1S/C21H19F2N5O3S/c1-21(12-2-3-14(22)15(23)8-12)13(9-24)16(26-18(27-21)19-25-4-7-32-19)10-28-5-6-31-11-17(28)20(29)30/h2-4,7-8,17H,5-6,10-11H2,1H3,(H,26,27)(H,29,30)/t17-,21?/m0/s1. The van der Waals surface area contributed by atoms with Gasteiger partial charge < -0.3 is 15.2 Å². The van der Waals surface area contributed by atoms with Crippen molar-refractivity contribution >= 4 is 23.1 Å². The number of rotatable bonds is 5. The van der Waals surface area contributed by atoms with Gasteiger partial charge in [-0.2, -0.15) is 5.26 Å². The predicted molar refractivity (Wildman–Crippen MR) is 112 cm³/mol. The maximum Gasteiger partial charge on any atom is 0.323 e. The quantitative estimate of drug-likeness (QED) is 0.706. The lowest BCUT2D eigenvalue weighted by Gasteiger charge is -2.37. The fourth-order valence-electron chi connectivity index (χ4n) is 3.81. The van der Waals surface area contributed by atoms with E-state index < -0.39 is 29.2 Å². The van der Waals surface area contributed by atoms with Gasteiger partial charge in [-0.15, -0.1) is 11.3 Å². The molecule has 2 N–H and O–H groups in total. The van der Waals surface area contributed by atoms with Crippen LogP contribution in [-0.4, -0.2) is 59.1 Å². The van der Waals surface area contributed by atoms with Crippen LogP contribution in [0.15, 0.2) is 46.0 Å². The third kappa shape index (κ3) is 4.00. The molecule has 1 aromatic carbocycles. The number of carboxylic acids is 1. The third-order valence-electron chi connectivity index (χ3n) is 5.51. The molecule has 1 aromatic heterocycles. The lowest BCUT2D eigenvalue weighted by Crippen LogP contribution is -2.52. The van der Waals surface area contributed by atoms with E-state index in [0.29, 0.717) is 29.7 Å². The second kappa shape index (κ2) is 8.74. The molecule has 0 aliphatic carbocycles. The third-order valence-corrected chi connectivity index (χ3v) is 6.29. The van der Waals surface area contributed by atoms with Crippen molar-refractivity contribution in [2.45, 2.75) is 18.5 Å². The van der Waals surface area contributed by atoms with E-state index in [9.17, 15) is 23.9 Å². The van der Waals surface area contributed by atoms with Crippen LogP contribution in [0.4, 0.5) is 8.78 Å². The number of morpholine rings is 1. The predicted octanol–water partition coefficient (Wildman–Crippen LogP) is 2.25. The van der Waals surface area contributed by atoms with Gasteiger partial charge in [0, 0.05) is 30.4 Å². The van der Waals surface area contributed by atoms with Gasteiger partial charge in [-0.1, -0.05) is 6.07 Å². The first-order valence-corrected chi connectivity index (χ1v) is 10.6. The van der Waals surface area contributed by atoms with E-state index in [1.54, 1.807) is 23.4 Å². The second-order valence-electron chi connectivity index (χ2n) is 7.49. The highest BCUT2D eigenvalue weighted by Crippen LogP contribution is 2.38. The number of amidine groups is 1. The molecule has 2 atom stereocenters. The molecule has 1 saturated heterocycles. The Labute approximate surface area is 186 Å². The summed E-state index contributed by atoms with van der Waals surface area (Å²) >= 11 is 1.32. The Kier molecular flexibility index (Phi) is 6.01. The highest BCUT2D eigenvalue weighted by atomic mass is 32.1. The molecule has 166 valence electrons. The zero-order valence-electron chi connectivity index (χ0n) is 17.0. The van der Waals surface area contributed by atoms with Crippen molar-refractivity contribution in [1.29, 1.82) is 5.26 Å². The maximum absolute atomic E-state index is 14.1. The zero-order valence-corrected chi connectivity index (χ0v) is 17.8. The van der Waals surface area contributed by atoms with Crippen molar-refractivity contribution in [3.63, 3.8) is 0 Å². The Balaban J connectivity index is 1.82. The molecular weight excluding hydrogens is 440 g/mol. The van der Waals surface area contributed by atoms with Crippen LogP contribution in [0.1, 0.15) is 17.5 Å². The van der Waals surface area contributed by atoms with Crippen molar-refractivity contribution in [1.82, 2.24) is 15.2 Å². The Morgan fingerprint density at radius 2 is 2.28 bits per heavy atom. The largest absolute Gasteiger partial charge is 0.480 e. The molecule has 0 spiro atoms. The maximum atomic E-state index is 14.1. The van der Waals surface area contributed by atoms with Crippen molar-refractivity contribution in [2.24, 2.45) is 4.99 Å². The molecule has 1 unspecified atom stereocenters. The molecule has 2 aromatic rings. The Morgan fingerprint density at radius 3 is 2.94 bits per heavy atom. The average molecular weight is 459 g/mol. The fourth-order valence-corrected chi connectivity index (χ4v) is 4.39. The van der Waals surface area contributed by atoms with Gasteiger partial charge in [-0.25, -0.2) is 18.8 Å². The van der Waals surface area contributed by atoms with Crippen molar-refractivity contribution in [3.8, 4) is 6.07 Å². The van der Waals surface area contributed by atoms with E-state index in [1.165, 1.54) is 17.4 Å². The first-order valence-electron chi connectivity index (χ1n) is 9.74. The van der Waals surface area contributed by atoms with E-state index in [-0.39, 0.29) is 24.3 Å². The van der Waals surface area contributed by atoms with Gasteiger partial charge in [0.2, 0.25) is 0 Å². The lowest BCUT2D eigenvalue weighted by atomic mass is 9.82. The summed E-state index contributed by atoms with van der Waals surface area (Å²) < 4.78 is 33.0. The van der Waals surface area contributed by atoms with Crippen LogP contribution >= 0.6 is 11.3 Å². The van der Waals surface area contributed by atoms with E-state index in [2.05, 4.69) is 21.4 Å². The fraction of sp³-hybridized carbons (Fsp3) is 0.333. The van der Waals surface area contributed by atoms with E-state index in [1.807, 2.05) is 0 Å². The van der Waals surface area contributed by atoms with Gasteiger partial charge in [-0.05, 0) is 24.6 Å². The number of aromatic nitrogens is 1. The average Bonchev–Trinajstić information content (AvgIpc) is 3.31. The molecule has 3 heterocycles. The first kappa shape index (κ1) is 22.0. The number of benzene rings is 1. The molecule has 0 bridgehead atoms. The number of hydrogen-bond donors (Lipinski definition) is 2. The second-order valence-corrected chi connectivity index (χ2v) is 8.38. The number of nitriles is 1. The van der Waals surface area contributed by atoms with Crippen LogP contribution in [-0.2, 0) is 15.1 Å². The Bertz CT molecular complexity index is 1140. The smallest absolute Gasteiger partial charge is 0.323 e. The molecular formula is C21H19F2N5O3S. The minimum atomic E-state index is -1.34. The minimum absolute atomic E-state index is 0.0262. The van der Waals surface area contributed by atoms with Gasteiger partial charge in [0.25, 0.3) is 0 Å². The topological polar surface area (TPSA) is 111 Å². The molecule has 2 aliphatic heterocycles. The van der Waals surface area contributed by atoms with E-state index >= 15 is 0 Å². The zero-order chi connectivity index (χ0) is 22.9. The monoisotopic (exact) mass is 459 g/mol. The normalized spacial score (nSPS) is 23.9. The summed E-state index contributed by atoms with van der Waals surface area (Å²) in [5, 5.41) is 25.1. The van der Waals surface area contributed by atoms with E-state index in [0.717, 1.165) is 12.1 Å². The number of carbonyl (C=O) groups is 1. The SMILES string of the molecule is CC1(c2ccc(F)c(F)c2)N=C(c2nccs2)NC(CN2CCOC[C@H]2C(=O)O)=C1C#N. The Morgan fingerprint density at radius 1 is 1.47 bits per heavy atom. The molecule has 0 saturated carbocycles. The first-order chi connectivity index (χ1) is 15.3. The summed E-state index contributed by atoms with van der Waals surface area (Å²) in [5.74, 6) is -2.72. The van der Waals surface area contributed by atoms with Gasteiger partial charge >= 0.3 is 5.97 Å². The molecule has 32 heavy (non-hydrogen) atoms. The lowest BCUT2D eigenvalue weighted by molar-refractivity contribution is -0.149. The van der Waals surface area contributed by atoms with Crippen LogP contribution in [0.25, 0.3) is 0 Å². The number of aliphatic carboxylic acids is 1. The number of nitrogens with one attached hydrogen (secondary N) is 1. The number of nitrogens with zero attached hydrogens (tertiary/aromatic N) is 4. The van der Waals surface area contributed by atoms with Crippen LogP contribution in [0, 0.1) is 23.0 Å². The van der Waals surface area contributed by atoms with Gasteiger partial charge in [-0.3, -0.25) is 9.69 Å². The highest BCUT2D eigenvalue weighted by molar-refractivity contribution is 7.11. The van der Waals surface area contributed by atoms with Crippen LogP contribution in [0.2, 0.25) is 0 Å². The van der Waals surface area contributed by atoms with Crippen molar-refractivity contribution in [2.75, 3.05) is 26.3 Å². The van der Waals surface area contributed by atoms with Crippen LogP contribution in [0.3, 0.4) is 0 Å². The highest BCUT2D eigenvalue weighted by Gasteiger charge is 2.40. The summed E-state index contributed by atoms with van der Waals surface area (Å²) in [7, 11) is 0. The van der Waals surface area contributed by atoms with Crippen molar-refractivity contribution in [3.05, 3.63) is 63.3 Å². The molecule has 1 fully saturated rings. The summed E-state index contributed by atoms with van der Waals surface area (Å²) in [6, 6.07) is 4.67. The molecule has 2 aliphatic rings.